The lowest BCUT2D eigenvalue weighted by atomic mass is 9.78. The van der Waals surface area contributed by atoms with Crippen LogP contribution in [-0.2, 0) is 9.47 Å². The zero-order valence-corrected chi connectivity index (χ0v) is 11.7. The summed E-state index contributed by atoms with van der Waals surface area (Å²) in [5.74, 6) is 0. The minimum absolute atomic E-state index is 0.0802. The summed E-state index contributed by atoms with van der Waals surface area (Å²) in [6.07, 6.45) is 4.90. The van der Waals surface area contributed by atoms with Gasteiger partial charge < -0.3 is 15.2 Å². The molecule has 4 heteroatoms. The number of likely N-dealkylation sites (N-methyl/N-ethyl adjacent to an activating group) is 1. The van der Waals surface area contributed by atoms with Crippen LogP contribution in [0.1, 0.15) is 32.6 Å². The van der Waals surface area contributed by atoms with Crippen LogP contribution in [0.3, 0.4) is 0 Å². The molecule has 3 unspecified atom stereocenters. The molecule has 1 aliphatic rings. The third kappa shape index (κ3) is 3.41. The minimum Gasteiger partial charge on any atom is -0.383 e. The van der Waals surface area contributed by atoms with E-state index in [2.05, 4.69) is 18.9 Å². The maximum atomic E-state index is 6.05. The van der Waals surface area contributed by atoms with Gasteiger partial charge in [-0.2, -0.15) is 0 Å². The first-order valence-electron chi connectivity index (χ1n) is 6.54. The summed E-state index contributed by atoms with van der Waals surface area (Å²) in [5.41, 5.74) is 6.13. The molecule has 0 spiro atoms. The first-order valence-corrected chi connectivity index (χ1v) is 6.54. The van der Waals surface area contributed by atoms with E-state index in [1.165, 1.54) is 6.42 Å². The lowest BCUT2D eigenvalue weighted by molar-refractivity contribution is -0.0369. The summed E-state index contributed by atoms with van der Waals surface area (Å²) in [4.78, 5) is 2.39. The smallest absolute Gasteiger partial charge is 0.0615 e. The van der Waals surface area contributed by atoms with E-state index in [1.54, 1.807) is 14.2 Å². The van der Waals surface area contributed by atoms with Crippen LogP contribution in [0.15, 0.2) is 0 Å². The number of nitrogens with zero attached hydrogens (tertiary/aromatic N) is 1. The minimum atomic E-state index is 0.0802. The molecule has 1 fully saturated rings. The van der Waals surface area contributed by atoms with Crippen molar-refractivity contribution < 1.29 is 9.47 Å². The van der Waals surface area contributed by atoms with Gasteiger partial charge in [-0.15, -0.1) is 0 Å². The zero-order valence-electron chi connectivity index (χ0n) is 11.7. The standard InChI is InChI=1S/C13H28N2O2/c1-11(9-16-3)15(2)13(10-14)7-5-6-12(8-13)17-4/h11-12H,5-10,14H2,1-4H3. The van der Waals surface area contributed by atoms with Crippen LogP contribution in [0.25, 0.3) is 0 Å². The van der Waals surface area contributed by atoms with Crippen molar-refractivity contribution in [3.8, 4) is 0 Å². The van der Waals surface area contributed by atoms with E-state index in [0.717, 1.165) is 25.9 Å². The Labute approximate surface area is 105 Å². The number of rotatable bonds is 6. The zero-order chi connectivity index (χ0) is 12.9. The van der Waals surface area contributed by atoms with Gasteiger partial charge in [0.1, 0.15) is 0 Å². The van der Waals surface area contributed by atoms with Gasteiger partial charge in [0.15, 0.2) is 0 Å². The van der Waals surface area contributed by atoms with Gasteiger partial charge in [-0.25, -0.2) is 0 Å². The van der Waals surface area contributed by atoms with Crippen LogP contribution in [0.4, 0.5) is 0 Å². The fourth-order valence-electron chi connectivity index (χ4n) is 2.96. The van der Waals surface area contributed by atoms with Crippen LogP contribution in [0.2, 0.25) is 0 Å². The molecule has 1 saturated carbocycles. The number of methoxy groups -OCH3 is 2. The highest BCUT2D eigenvalue weighted by molar-refractivity contribution is 4.97. The van der Waals surface area contributed by atoms with Gasteiger partial charge in [-0.3, -0.25) is 4.90 Å². The van der Waals surface area contributed by atoms with Crippen molar-refractivity contribution in [2.45, 2.75) is 50.3 Å². The Kier molecular flexibility index (Phi) is 5.86. The first kappa shape index (κ1) is 14.9. The molecule has 102 valence electrons. The molecular formula is C13H28N2O2. The highest BCUT2D eigenvalue weighted by Gasteiger charge is 2.40. The van der Waals surface area contributed by atoms with E-state index in [0.29, 0.717) is 18.7 Å². The maximum absolute atomic E-state index is 6.05. The van der Waals surface area contributed by atoms with E-state index in [-0.39, 0.29) is 5.54 Å². The molecule has 0 aliphatic heterocycles. The molecule has 0 radical (unpaired) electrons. The Balaban J connectivity index is 2.72. The van der Waals surface area contributed by atoms with Crippen LogP contribution < -0.4 is 5.73 Å². The quantitative estimate of drug-likeness (QED) is 0.763. The summed E-state index contributed by atoms with van der Waals surface area (Å²) < 4.78 is 10.8. The van der Waals surface area contributed by atoms with Gasteiger partial charge in [-0.1, -0.05) is 0 Å². The van der Waals surface area contributed by atoms with Crippen molar-refractivity contribution in [1.29, 1.82) is 0 Å². The van der Waals surface area contributed by atoms with Crippen molar-refractivity contribution >= 4 is 0 Å². The highest BCUT2D eigenvalue weighted by Crippen LogP contribution is 2.34. The van der Waals surface area contributed by atoms with E-state index >= 15 is 0 Å². The third-order valence-electron chi connectivity index (χ3n) is 4.31. The molecular weight excluding hydrogens is 216 g/mol. The van der Waals surface area contributed by atoms with Crippen molar-refractivity contribution in [2.24, 2.45) is 5.73 Å². The number of hydrogen-bond acceptors (Lipinski definition) is 4. The van der Waals surface area contributed by atoms with Crippen molar-refractivity contribution in [3.05, 3.63) is 0 Å². The van der Waals surface area contributed by atoms with Crippen LogP contribution >= 0.6 is 0 Å². The fraction of sp³-hybridized carbons (Fsp3) is 1.00. The van der Waals surface area contributed by atoms with Gasteiger partial charge in [0, 0.05) is 32.3 Å². The van der Waals surface area contributed by atoms with E-state index in [1.807, 2.05) is 0 Å². The van der Waals surface area contributed by atoms with Gasteiger partial charge in [0.05, 0.1) is 12.7 Å². The Morgan fingerprint density at radius 2 is 2.18 bits per heavy atom. The average Bonchev–Trinajstić information content (AvgIpc) is 2.38. The van der Waals surface area contributed by atoms with Crippen molar-refractivity contribution in [1.82, 2.24) is 4.90 Å². The van der Waals surface area contributed by atoms with Crippen LogP contribution in [0.5, 0.6) is 0 Å². The second kappa shape index (κ2) is 6.69. The Hall–Kier alpha value is -0.160. The topological polar surface area (TPSA) is 47.7 Å². The predicted octanol–water partition coefficient (Wildman–Crippen LogP) is 1.24. The molecule has 0 saturated heterocycles. The predicted molar refractivity (Wildman–Crippen MR) is 70.2 cm³/mol. The largest absolute Gasteiger partial charge is 0.383 e. The number of nitrogens with two attached hydrogens (primary N) is 1. The van der Waals surface area contributed by atoms with E-state index < -0.39 is 0 Å². The molecule has 0 heterocycles. The molecule has 0 aromatic heterocycles. The second-order valence-electron chi connectivity index (χ2n) is 5.30. The van der Waals surface area contributed by atoms with E-state index in [9.17, 15) is 0 Å². The summed E-state index contributed by atoms with van der Waals surface area (Å²) >= 11 is 0. The first-order chi connectivity index (χ1) is 8.09. The number of hydrogen-bond donors (Lipinski definition) is 1. The molecule has 1 aliphatic carbocycles. The summed E-state index contributed by atoms with van der Waals surface area (Å²) in [7, 11) is 5.71. The normalized spacial score (nSPS) is 31.8. The van der Waals surface area contributed by atoms with Gasteiger partial charge in [0.2, 0.25) is 0 Å². The lowest BCUT2D eigenvalue weighted by Crippen LogP contribution is -2.59. The summed E-state index contributed by atoms with van der Waals surface area (Å²) in [6.45, 7) is 3.63. The summed E-state index contributed by atoms with van der Waals surface area (Å²) in [6, 6.07) is 0.388. The molecule has 0 bridgehead atoms. The van der Waals surface area contributed by atoms with Crippen molar-refractivity contribution in [2.75, 3.05) is 34.4 Å². The molecule has 4 nitrogen and oxygen atoms in total. The monoisotopic (exact) mass is 244 g/mol. The molecule has 2 N–H and O–H groups in total. The van der Waals surface area contributed by atoms with Crippen molar-refractivity contribution in [3.63, 3.8) is 0 Å². The fourth-order valence-corrected chi connectivity index (χ4v) is 2.96. The van der Waals surface area contributed by atoms with Gasteiger partial charge in [-0.05, 0) is 39.7 Å². The number of ether oxygens (including phenoxy) is 2. The molecule has 3 atom stereocenters. The lowest BCUT2D eigenvalue weighted by Gasteiger charge is -2.48. The average molecular weight is 244 g/mol. The molecule has 1 rings (SSSR count). The molecule has 0 aromatic rings. The molecule has 17 heavy (non-hydrogen) atoms. The van der Waals surface area contributed by atoms with Crippen LogP contribution in [-0.4, -0.2) is 57.0 Å². The van der Waals surface area contributed by atoms with Gasteiger partial charge >= 0.3 is 0 Å². The van der Waals surface area contributed by atoms with Gasteiger partial charge in [0.25, 0.3) is 0 Å². The van der Waals surface area contributed by atoms with Crippen LogP contribution in [0, 0.1) is 0 Å². The molecule has 0 amide bonds. The Bertz CT molecular complexity index is 225. The maximum Gasteiger partial charge on any atom is 0.0615 e. The van der Waals surface area contributed by atoms with E-state index in [4.69, 9.17) is 15.2 Å². The summed E-state index contributed by atoms with van der Waals surface area (Å²) in [5, 5.41) is 0. The Morgan fingerprint density at radius 3 is 2.71 bits per heavy atom. The Morgan fingerprint density at radius 1 is 1.47 bits per heavy atom. The second-order valence-corrected chi connectivity index (χ2v) is 5.30. The third-order valence-corrected chi connectivity index (χ3v) is 4.31. The highest BCUT2D eigenvalue weighted by atomic mass is 16.5. The SMILES string of the molecule is COCC(C)N(C)C1(CN)CCCC(OC)C1. The molecule has 0 aromatic carbocycles.